The van der Waals surface area contributed by atoms with Crippen LogP contribution in [-0.4, -0.2) is 24.2 Å². The topological polar surface area (TPSA) is 61.5 Å². The number of nitrogens with two attached hydrogens (primary N) is 1. The highest BCUT2D eigenvalue weighted by Gasteiger charge is 2.27. The van der Waals surface area contributed by atoms with Gasteiger partial charge in [-0.1, -0.05) is 32.0 Å². The van der Waals surface area contributed by atoms with Gasteiger partial charge in [0.15, 0.2) is 0 Å². The molecule has 4 nitrogen and oxygen atoms in total. The van der Waals surface area contributed by atoms with Crippen molar-refractivity contribution >= 4 is 18.4 Å². The maximum atomic E-state index is 11.5. The zero-order valence-corrected chi connectivity index (χ0v) is 13.2. The smallest absolute Gasteiger partial charge is 0.323 e. The highest BCUT2D eigenvalue weighted by Crippen LogP contribution is 2.19. The fourth-order valence-electron chi connectivity index (χ4n) is 1.79. The van der Waals surface area contributed by atoms with Crippen molar-refractivity contribution in [2.75, 3.05) is 0 Å². The van der Waals surface area contributed by atoms with Crippen molar-refractivity contribution < 1.29 is 14.3 Å². The zero-order valence-electron chi connectivity index (χ0n) is 12.4. The van der Waals surface area contributed by atoms with E-state index < -0.39 is 12.0 Å². The molecule has 1 aromatic carbocycles. The number of esters is 1. The van der Waals surface area contributed by atoms with E-state index in [2.05, 4.69) is 0 Å². The van der Waals surface area contributed by atoms with Crippen LogP contribution in [0.25, 0.3) is 0 Å². The molecule has 0 unspecified atom stereocenters. The molecule has 0 spiro atoms. The predicted octanol–water partition coefficient (Wildman–Crippen LogP) is 2.79. The quantitative estimate of drug-likeness (QED) is 0.821. The summed E-state index contributed by atoms with van der Waals surface area (Å²) >= 11 is 0. The molecule has 0 saturated heterocycles. The summed E-state index contributed by atoms with van der Waals surface area (Å²) in [6, 6.07) is 8.89. The Hall–Kier alpha value is -1.26. The van der Waals surface area contributed by atoms with Gasteiger partial charge in [0.25, 0.3) is 0 Å². The van der Waals surface area contributed by atoms with Gasteiger partial charge in [-0.3, -0.25) is 4.79 Å². The summed E-state index contributed by atoms with van der Waals surface area (Å²) < 4.78 is 11.2. The number of ether oxygens (including phenoxy) is 2. The van der Waals surface area contributed by atoms with Gasteiger partial charge in [0.2, 0.25) is 0 Å². The second-order valence-electron chi connectivity index (χ2n) is 5.07. The van der Waals surface area contributed by atoms with Crippen LogP contribution in [0, 0.1) is 5.92 Å². The molecule has 0 saturated carbocycles. The van der Waals surface area contributed by atoms with Gasteiger partial charge in [-0.15, -0.1) is 12.4 Å². The molecule has 20 heavy (non-hydrogen) atoms. The number of benzene rings is 1. The second kappa shape index (κ2) is 8.82. The summed E-state index contributed by atoms with van der Waals surface area (Å²) in [5.41, 5.74) is 5.50. The van der Waals surface area contributed by atoms with Crippen molar-refractivity contribution in [3.8, 4) is 5.75 Å². The number of hydrogen-bond acceptors (Lipinski definition) is 4. The third-order valence-corrected chi connectivity index (χ3v) is 2.81. The monoisotopic (exact) mass is 301 g/mol. The highest BCUT2D eigenvalue weighted by atomic mass is 35.5. The first kappa shape index (κ1) is 18.7. The molecule has 0 aliphatic carbocycles. The maximum absolute atomic E-state index is 11.5. The number of para-hydroxylation sites is 1. The van der Waals surface area contributed by atoms with Crippen LogP contribution in [0.5, 0.6) is 5.75 Å². The SMILES string of the molecule is CC(C)[C@H](Oc1ccccc1)[C@@H](C)OC(=O)[C@H](C)N.Cl. The largest absolute Gasteiger partial charge is 0.486 e. The molecule has 0 bridgehead atoms. The molecule has 114 valence electrons. The minimum atomic E-state index is -0.619. The molecule has 0 heterocycles. The Morgan fingerprint density at radius 2 is 1.65 bits per heavy atom. The van der Waals surface area contributed by atoms with E-state index in [0.29, 0.717) is 0 Å². The minimum absolute atomic E-state index is 0. The predicted molar refractivity (Wildman–Crippen MR) is 82.1 cm³/mol. The van der Waals surface area contributed by atoms with E-state index in [0.717, 1.165) is 5.75 Å². The Kier molecular flexibility index (Phi) is 8.26. The fraction of sp³-hybridized carbons (Fsp3) is 0.533. The van der Waals surface area contributed by atoms with Crippen molar-refractivity contribution in [3.63, 3.8) is 0 Å². The molecule has 1 aromatic rings. The molecule has 0 fully saturated rings. The lowest BCUT2D eigenvalue weighted by Gasteiger charge is -2.28. The van der Waals surface area contributed by atoms with Gasteiger partial charge >= 0.3 is 5.97 Å². The van der Waals surface area contributed by atoms with Crippen molar-refractivity contribution in [3.05, 3.63) is 30.3 Å². The van der Waals surface area contributed by atoms with Crippen LogP contribution in [0.15, 0.2) is 30.3 Å². The van der Waals surface area contributed by atoms with Crippen molar-refractivity contribution in [1.29, 1.82) is 0 Å². The van der Waals surface area contributed by atoms with Crippen LogP contribution < -0.4 is 10.5 Å². The van der Waals surface area contributed by atoms with Crippen molar-refractivity contribution in [2.45, 2.75) is 45.9 Å². The summed E-state index contributed by atoms with van der Waals surface area (Å²) in [5, 5.41) is 0. The molecule has 0 aromatic heterocycles. The van der Waals surface area contributed by atoms with Crippen LogP contribution in [0.2, 0.25) is 0 Å². The lowest BCUT2D eigenvalue weighted by molar-refractivity contribution is -0.155. The summed E-state index contributed by atoms with van der Waals surface area (Å²) in [6.07, 6.45) is -0.552. The third kappa shape index (κ3) is 5.80. The van der Waals surface area contributed by atoms with E-state index >= 15 is 0 Å². The molecule has 0 aliphatic heterocycles. The van der Waals surface area contributed by atoms with Crippen LogP contribution in [0.1, 0.15) is 27.7 Å². The van der Waals surface area contributed by atoms with Gasteiger partial charge in [-0.2, -0.15) is 0 Å². The molecular formula is C15H24ClNO3. The lowest BCUT2D eigenvalue weighted by atomic mass is 10.0. The Balaban J connectivity index is 0.00000361. The molecule has 1 rings (SSSR count). The first-order chi connectivity index (χ1) is 8.91. The van der Waals surface area contributed by atoms with E-state index in [-0.39, 0.29) is 30.5 Å². The molecule has 0 amide bonds. The summed E-state index contributed by atoms with van der Waals surface area (Å²) in [6.45, 7) is 7.50. The van der Waals surface area contributed by atoms with Gasteiger partial charge in [0.05, 0.1) is 0 Å². The van der Waals surface area contributed by atoms with Gasteiger partial charge < -0.3 is 15.2 Å². The van der Waals surface area contributed by atoms with E-state index in [9.17, 15) is 4.79 Å². The average Bonchev–Trinajstić information content (AvgIpc) is 2.36. The molecule has 2 N–H and O–H groups in total. The van der Waals surface area contributed by atoms with Gasteiger partial charge in [-0.05, 0) is 31.9 Å². The Labute approximate surface area is 127 Å². The average molecular weight is 302 g/mol. The number of rotatable bonds is 6. The van der Waals surface area contributed by atoms with E-state index in [1.807, 2.05) is 51.1 Å². The minimum Gasteiger partial charge on any atom is -0.486 e. The molecule has 0 aliphatic rings. The standard InChI is InChI=1S/C15H23NO3.ClH/c1-10(2)14(12(4)18-15(17)11(3)16)19-13-8-6-5-7-9-13;/h5-12,14H,16H2,1-4H3;1H/t11-,12+,14-;/m0./s1. The zero-order chi connectivity index (χ0) is 14.4. The van der Waals surface area contributed by atoms with Gasteiger partial charge in [0.1, 0.15) is 24.0 Å². The summed E-state index contributed by atoms with van der Waals surface area (Å²) in [7, 11) is 0. The normalized spacial score (nSPS) is 14.9. The van der Waals surface area contributed by atoms with E-state index in [1.165, 1.54) is 0 Å². The first-order valence-electron chi connectivity index (χ1n) is 6.59. The number of halogens is 1. The second-order valence-corrected chi connectivity index (χ2v) is 5.07. The van der Waals surface area contributed by atoms with Crippen LogP contribution in [-0.2, 0) is 9.53 Å². The van der Waals surface area contributed by atoms with E-state index in [4.69, 9.17) is 15.2 Å². The third-order valence-electron chi connectivity index (χ3n) is 2.81. The summed E-state index contributed by atoms with van der Waals surface area (Å²) in [4.78, 5) is 11.5. The Bertz CT molecular complexity index is 395. The van der Waals surface area contributed by atoms with E-state index in [1.54, 1.807) is 6.92 Å². The molecule has 3 atom stereocenters. The highest BCUT2D eigenvalue weighted by molar-refractivity contribution is 5.85. The summed E-state index contributed by atoms with van der Waals surface area (Å²) in [5.74, 6) is 0.579. The fourth-order valence-corrected chi connectivity index (χ4v) is 1.79. The first-order valence-corrected chi connectivity index (χ1v) is 6.59. The Morgan fingerprint density at radius 1 is 1.10 bits per heavy atom. The molecule has 5 heteroatoms. The number of carbonyl (C=O) groups excluding carboxylic acids is 1. The van der Waals surface area contributed by atoms with Crippen LogP contribution in [0.3, 0.4) is 0 Å². The molecular weight excluding hydrogens is 278 g/mol. The Morgan fingerprint density at radius 3 is 2.10 bits per heavy atom. The number of hydrogen-bond donors (Lipinski definition) is 1. The maximum Gasteiger partial charge on any atom is 0.323 e. The van der Waals surface area contributed by atoms with Crippen LogP contribution >= 0.6 is 12.4 Å². The van der Waals surface area contributed by atoms with Gasteiger partial charge in [0, 0.05) is 0 Å². The van der Waals surface area contributed by atoms with Crippen molar-refractivity contribution in [1.82, 2.24) is 0 Å². The lowest BCUT2D eigenvalue weighted by Crippen LogP contribution is -2.41. The van der Waals surface area contributed by atoms with Gasteiger partial charge in [-0.25, -0.2) is 0 Å². The number of carbonyl (C=O) groups is 1. The molecule has 0 radical (unpaired) electrons. The van der Waals surface area contributed by atoms with Crippen molar-refractivity contribution in [2.24, 2.45) is 11.7 Å². The van der Waals surface area contributed by atoms with Crippen LogP contribution in [0.4, 0.5) is 0 Å².